The van der Waals surface area contributed by atoms with E-state index in [0.717, 1.165) is 5.69 Å². The number of ether oxygens (including phenoxy) is 1. The van der Waals surface area contributed by atoms with Gasteiger partial charge in [-0.25, -0.2) is 0 Å². The van der Waals surface area contributed by atoms with Crippen LogP contribution in [0.4, 0.5) is 0 Å². The molecule has 0 saturated heterocycles. The van der Waals surface area contributed by atoms with Gasteiger partial charge in [-0.05, 0) is 6.07 Å². The van der Waals surface area contributed by atoms with Crippen molar-refractivity contribution >= 4 is 23.9 Å². The van der Waals surface area contributed by atoms with E-state index >= 15 is 0 Å². The van der Waals surface area contributed by atoms with Crippen molar-refractivity contribution in [3.63, 3.8) is 0 Å². The standard InChI is InChI=1S/C9H10ClNO3/c10-4-9(13)7-3-8(11-5-7)1-2-14-6-12/h3,5-6,11H,1-2,4H2. The number of aromatic amines is 1. The van der Waals surface area contributed by atoms with Crippen LogP contribution in [-0.2, 0) is 16.0 Å². The molecule has 1 N–H and O–H groups in total. The number of rotatable bonds is 6. The highest BCUT2D eigenvalue weighted by molar-refractivity contribution is 6.30. The Balaban J connectivity index is 2.50. The second kappa shape index (κ2) is 5.44. The Morgan fingerprint density at radius 3 is 3.07 bits per heavy atom. The average molecular weight is 216 g/mol. The Morgan fingerprint density at radius 1 is 1.64 bits per heavy atom. The first kappa shape index (κ1) is 10.8. The number of ketones is 1. The molecule has 1 aromatic rings. The van der Waals surface area contributed by atoms with Crippen LogP contribution in [0, 0.1) is 0 Å². The van der Waals surface area contributed by atoms with Crippen molar-refractivity contribution in [3.05, 3.63) is 23.5 Å². The summed E-state index contributed by atoms with van der Waals surface area (Å²) in [6, 6.07) is 1.71. The Labute approximate surface area is 86.2 Å². The van der Waals surface area contributed by atoms with Gasteiger partial charge in [0.2, 0.25) is 0 Å². The Bertz CT molecular complexity index is 322. The summed E-state index contributed by atoms with van der Waals surface area (Å²) < 4.78 is 4.52. The molecule has 0 aromatic carbocycles. The van der Waals surface area contributed by atoms with Crippen LogP contribution in [0.2, 0.25) is 0 Å². The summed E-state index contributed by atoms with van der Waals surface area (Å²) in [6.45, 7) is 0.701. The third-order valence-electron chi connectivity index (χ3n) is 1.74. The molecule has 76 valence electrons. The molecule has 5 heteroatoms. The van der Waals surface area contributed by atoms with E-state index in [-0.39, 0.29) is 11.7 Å². The molecular weight excluding hydrogens is 206 g/mol. The second-order valence-electron chi connectivity index (χ2n) is 2.69. The number of carbonyl (C=O) groups is 2. The van der Waals surface area contributed by atoms with Gasteiger partial charge in [-0.3, -0.25) is 9.59 Å². The zero-order valence-electron chi connectivity index (χ0n) is 7.46. The van der Waals surface area contributed by atoms with E-state index in [2.05, 4.69) is 9.72 Å². The number of nitrogens with one attached hydrogen (secondary N) is 1. The highest BCUT2D eigenvalue weighted by Gasteiger charge is 2.06. The number of alkyl halides is 1. The lowest BCUT2D eigenvalue weighted by atomic mass is 10.2. The summed E-state index contributed by atoms with van der Waals surface area (Å²) in [6.07, 6.45) is 2.16. The maximum Gasteiger partial charge on any atom is 0.293 e. The smallest absolute Gasteiger partial charge is 0.293 e. The van der Waals surface area contributed by atoms with E-state index < -0.39 is 0 Å². The minimum Gasteiger partial charge on any atom is -0.467 e. The van der Waals surface area contributed by atoms with Crippen molar-refractivity contribution in [2.24, 2.45) is 0 Å². The van der Waals surface area contributed by atoms with Crippen LogP contribution in [0.15, 0.2) is 12.3 Å². The molecule has 0 aliphatic rings. The fraction of sp³-hybridized carbons (Fsp3) is 0.333. The van der Waals surface area contributed by atoms with Crippen molar-refractivity contribution in [2.75, 3.05) is 12.5 Å². The molecule has 1 heterocycles. The Hall–Kier alpha value is -1.29. The van der Waals surface area contributed by atoms with E-state index in [0.29, 0.717) is 25.1 Å². The monoisotopic (exact) mass is 215 g/mol. The molecule has 0 bridgehead atoms. The summed E-state index contributed by atoms with van der Waals surface area (Å²) >= 11 is 5.39. The predicted octanol–water partition coefficient (Wildman–Crippen LogP) is 1.15. The van der Waals surface area contributed by atoms with Crippen LogP contribution >= 0.6 is 11.6 Å². The summed E-state index contributed by atoms with van der Waals surface area (Å²) in [5.41, 5.74) is 1.40. The quantitative estimate of drug-likeness (QED) is 0.335. The van der Waals surface area contributed by atoms with Gasteiger partial charge in [-0.1, -0.05) is 0 Å². The fourth-order valence-electron chi connectivity index (χ4n) is 1.04. The third-order valence-corrected chi connectivity index (χ3v) is 1.99. The zero-order chi connectivity index (χ0) is 10.4. The third kappa shape index (κ3) is 2.88. The fourth-order valence-corrected chi connectivity index (χ4v) is 1.20. The van der Waals surface area contributed by atoms with Crippen LogP contribution in [0.3, 0.4) is 0 Å². The molecule has 0 spiro atoms. The zero-order valence-corrected chi connectivity index (χ0v) is 8.21. The number of Topliss-reactive ketones (excluding diaryl/α,β-unsaturated/α-hetero) is 1. The van der Waals surface area contributed by atoms with E-state index in [1.807, 2.05) is 0 Å². The summed E-state index contributed by atoms with van der Waals surface area (Å²) in [7, 11) is 0. The van der Waals surface area contributed by atoms with Gasteiger partial charge in [-0.2, -0.15) is 0 Å². The first-order valence-corrected chi connectivity index (χ1v) is 4.63. The molecule has 0 unspecified atom stereocenters. The van der Waals surface area contributed by atoms with Crippen molar-refractivity contribution in [1.82, 2.24) is 4.98 Å². The van der Waals surface area contributed by atoms with Gasteiger partial charge in [0, 0.05) is 23.9 Å². The molecule has 1 aromatic heterocycles. The predicted molar refractivity (Wildman–Crippen MR) is 51.6 cm³/mol. The van der Waals surface area contributed by atoms with E-state index in [1.54, 1.807) is 12.3 Å². The molecule has 4 nitrogen and oxygen atoms in total. The van der Waals surface area contributed by atoms with Crippen LogP contribution in [0.5, 0.6) is 0 Å². The van der Waals surface area contributed by atoms with Crippen LogP contribution in [0.1, 0.15) is 16.1 Å². The largest absolute Gasteiger partial charge is 0.467 e. The van der Waals surface area contributed by atoms with Crippen molar-refractivity contribution in [3.8, 4) is 0 Å². The van der Waals surface area contributed by atoms with Gasteiger partial charge >= 0.3 is 0 Å². The van der Waals surface area contributed by atoms with Crippen molar-refractivity contribution in [2.45, 2.75) is 6.42 Å². The van der Waals surface area contributed by atoms with Gasteiger partial charge < -0.3 is 9.72 Å². The number of halogens is 1. The summed E-state index contributed by atoms with van der Waals surface area (Å²) in [5, 5.41) is 0. The molecule has 0 saturated carbocycles. The minimum absolute atomic E-state index is 0.0257. The molecule has 0 radical (unpaired) electrons. The maximum atomic E-state index is 11.1. The molecule has 0 amide bonds. The molecule has 0 fully saturated rings. The number of hydrogen-bond acceptors (Lipinski definition) is 3. The number of aromatic nitrogens is 1. The second-order valence-corrected chi connectivity index (χ2v) is 2.95. The van der Waals surface area contributed by atoms with Crippen molar-refractivity contribution in [1.29, 1.82) is 0 Å². The van der Waals surface area contributed by atoms with E-state index in [9.17, 15) is 9.59 Å². The van der Waals surface area contributed by atoms with Crippen LogP contribution in [0.25, 0.3) is 0 Å². The molecule has 0 aliphatic heterocycles. The van der Waals surface area contributed by atoms with Gasteiger partial charge in [-0.15, -0.1) is 11.6 Å². The van der Waals surface area contributed by atoms with Gasteiger partial charge in [0.15, 0.2) is 5.78 Å². The number of hydrogen-bond donors (Lipinski definition) is 1. The molecule has 0 atom stereocenters. The van der Waals surface area contributed by atoms with Crippen LogP contribution in [-0.4, -0.2) is 29.7 Å². The SMILES string of the molecule is O=COCCc1cc(C(=O)CCl)c[nH]1. The van der Waals surface area contributed by atoms with Gasteiger partial charge in [0.25, 0.3) is 6.47 Å². The van der Waals surface area contributed by atoms with Crippen molar-refractivity contribution < 1.29 is 14.3 Å². The summed E-state index contributed by atoms with van der Waals surface area (Å²) in [5.74, 6) is -0.146. The first-order valence-electron chi connectivity index (χ1n) is 4.09. The van der Waals surface area contributed by atoms with E-state index in [1.165, 1.54) is 0 Å². The normalized spacial score (nSPS) is 9.79. The molecule has 14 heavy (non-hydrogen) atoms. The minimum atomic E-state index is -0.120. The highest BCUT2D eigenvalue weighted by Crippen LogP contribution is 2.06. The number of carbonyl (C=O) groups excluding carboxylic acids is 2. The maximum absolute atomic E-state index is 11.1. The number of H-pyrrole nitrogens is 1. The topological polar surface area (TPSA) is 59.2 Å². The highest BCUT2D eigenvalue weighted by atomic mass is 35.5. The molecule has 1 rings (SSSR count). The van der Waals surface area contributed by atoms with Gasteiger partial charge in [0.1, 0.15) is 0 Å². The van der Waals surface area contributed by atoms with Crippen LogP contribution < -0.4 is 0 Å². The lowest BCUT2D eigenvalue weighted by Crippen LogP contribution is -1.98. The molecule has 0 aliphatic carbocycles. The molecular formula is C9H10ClNO3. The lowest BCUT2D eigenvalue weighted by molar-refractivity contribution is -0.128. The van der Waals surface area contributed by atoms with Gasteiger partial charge in [0.05, 0.1) is 12.5 Å². The first-order chi connectivity index (χ1) is 6.77. The van der Waals surface area contributed by atoms with E-state index in [4.69, 9.17) is 11.6 Å². The average Bonchev–Trinajstić information content (AvgIpc) is 2.66. The Kier molecular flexibility index (Phi) is 4.19. The lowest BCUT2D eigenvalue weighted by Gasteiger charge is -1.94. The summed E-state index contributed by atoms with van der Waals surface area (Å²) in [4.78, 5) is 23.9. The Morgan fingerprint density at radius 2 is 2.43 bits per heavy atom.